The third-order valence-electron chi connectivity index (χ3n) is 4.38. The number of carbonyl (C=O) groups is 2. The number of aliphatic hydroxyl groups excluding tert-OH is 1. The van der Waals surface area contributed by atoms with Crippen LogP contribution in [-0.2, 0) is 16.0 Å². The number of hydrogen-bond acceptors (Lipinski definition) is 5. The lowest BCUT2D eigenvalue weighted by atomic mass is 9.95. The lowest BCUT2D eigenvalue weighted by Gasteiger charge is -2.49. The molecule has 124 valence electrons. The molecule has 0 aliphatic carbocycles. The predicted molar refractivity (Wildman–Crippen MR) is 86.8 cm³/mol. The summed E-state index contributed by atoms with van der Waals surface area (Å²) in [7, 11) is 0. The number of rotatable bonds is 4. The van der Waals surface area contributed by atoms with Gasteiger partial charge in [0.15, 0.2) is 0 Å². The molecule has 1 aromatic carbocycles. The third kappa shape index (κ3) is 2.84. The maximum atomic E-state index is 12.2. The normalized spacial score (nSPS) is 32.0. The monoisotopic (exact) mass is 336 g/mol. The summed E-state index contributed by atoms with van der Waals surface area (Å²) in [5.74, 6) is -1.12. The van der Waals surface area contributed by atoms with Gasteiger partial charge in [-0.15, -0.1) is 11.8 Å². The minimum atomic E-state index is -0.963. The summed E-state index contributed by atoms with van der Waals surface area (Å²) in [6, 6.07) is 8.17. The summed E-state index contributed by atoms with van der Waals surface area (Å²) in [4.78, 5) is 25.2. The van der Waals surface area contributed by atoms with Gasteiger partial charge in [0.05, 0.1) is 17.8 Å². The summed E-state index contributed by atoms with van der Waals surface area (Å²) in [5.41, 5.74) is 0.901. The van der Waals surface area contributed by atoms with E-state index in [2.05, 4.69) is 5.32 Å². The number of carboxylic acid groups (broad SMARTS) is 1. The predicted octanol–water partition coefficient (Wildman–Crippen LogP) is 0.653. The van der Waals surface area contributed by atoms with Gasteiger partial charge in [0.25, 0.3) is 0 Å². The Kier molecular flexibility index (Phi) is 4.12. The Hall–Kier alpha value is -1.57. The van der Waals surface area contributed by atoms with E-state index in [1.165, 1.54) is 11.8 Å². The quantitative estimate of drug-likeness (QED) is 0.748. The number of carboxylic acids is 1. The van der Waals surface area contributed by atoms with E-state index in [9.17, 15) is 19.8 Å². The second-order valence-corrected chi connectivity index (χ2v) is 8.24. The summed E-state index contributed by atoms with van der Waals surface area (Å²) in [6.45, 7) is 3.70. The van der Waals surface area contributed by atoms with Crippen molar-refractivity contribution in [2.24, 2.45) is 0 Å². The lowest BCUT2D eigenvalue weighted by molar-refractivity contribution is -0.170. The van der Waals surface area contributed by atoms with Crippen LogP contribution in [0.5, 0.6) is 0 Å². The van der Waals surface area contributed by atoms with E-state index in [4.69, 9.17) is 0 Å². The molecule has 1 unspecified atom stereocenters. The lowest BCUT2D eigenvalue weighted by Crippen LogP contribution is -2.73. The Morgan fingerprint density at radius 3 is 2.57 bits per heavy atom. The number of fused-ring (bicyclic) bond motifs is 1. The van der Waals surface area contributed by atoms with Gasteiger partial charge in [0, 0.05) is 4.75 Å². The average molecular weight is 336 g/mol. The summed E-state index contributed by atoms with van der Waals surface area (Å²) < 4.78 is -0.517. The van der Waals surface area contributed by atoms with Crippen molar-refractivity contribution in [1.82, 2.24) is 10.2 Å². The molecule has 0 spiro atoms. The van der Waals surface area contributed by atoms with E-state index in [0.717, 1.165) is 5.56 Å². The Bertz CT molecular complexity index is 622. The number of aliphatic carboxylic acids is 1. The van der Waals surface area contributed by atoms with E-state index >= 15 is 0 Å². The fraction of sp³-hybridized carbons (Fsp3) is 0.500. The van der Waals surface area contributed by atoms with Crippen LogP contribution in [-0.4, -0.2) is 55.4 Å². The minimum absolute atomic E-state index is 0.169. The standard InChI is InChI=1S/C16H20N2O4S/c1-16(2)12(15(21)22)18-13(20)11(14(18)23-16)17-10(19)8-9-6-4-3-5-7-9/h3-7,11-14,20H,8H2,1-2H3,(H,17,19)(H,21,22)/t11-,12+,13?,14-/m1/s1. The van der Waals surface area contributed by atoms with Gasteiger partial charge in [-0.3, -0.25) is 9.59 Å². The van der Waals surface area contributed by atoms with E-state index in [-0.39, 0.29) is 17.7 Å². The van der Waals surface area contributed by atoms with Gasteiger partial charge in [-0.1, -0.05) is 30.3 Å². The van der Waals surface area contributed by atoms with Gasteiger partial charge in [-0.2, -0.15) is 0 Å². The molecular formula is C16H20N2O4S. The molecule has 23 heavy (non-hydrogen) atoms. The van der Waals surface area contributed by atoms with Crippen LogP contribution in [0.15, 0.2) is 30.3 Å². The Balaban J connectivity index is 1.65. The van der Waals surface area contributed by atoms with Crippen LogP contribution in [0.3, 0.4) is 0 Å². The van der Waals surface area contributed by atoms with Crippen molar-refractivity contribution in [3.8, 4) is 0 Å². The zero-order chi connectivity index (χ0) is 16.8. The van der Waals surface area contributed by atoms with Crippen LogP contribution in [0.4, 0.5) is 0 Å². The van der Waals surface area contributed by atoms with Gasteiger partial charge in [-0.25, -0.2) is 4.90 Å². The maximum Gasteiger partial charge on any atom is 0.322 e. The molecule has 0 saturated carbocycles. The third-order valence-corrected chi connectivity index (χ3v) is 5.99. The molecule has 7 heteroatoms. The number of nitrogens with zero attached hydrogens (tertiary/aromatic N) is 1. The van der Waals surface area contributed by atoms with Crippen LogP contribution >= 0.6 is 11.8 Å². The number of thioether (sulfide) groups is 1. The number of hydrogen-bond donors (Lipinski definition) is 3. The molecule has 2 fully saturated rings. The highest BCUT2D eigenvalue weighted by molar-refractivity contribution is 8.01. The van der Waals surface area contributed by atoms with Crippen LogP contribution in [0.25, 0.3) is 0 Å². The highest BCUT2D eigenvalue weighted by atomic mass is 32.2. The number of amides is 1. The molecular weight excluding hydrogens is 316 g/mol. The molecule has 2 saturated heterocycles. The van der Waals surface area contributed by atoms with Gasteiger partial charge in [-0.05, 0) is 19.4 Å². The smallest absolute Gasteiger partial charge is 0.322 e. The van der Waals surface area contributed by atoms with Gasteiger partial charge < -0.3 is 15.5 Å². The first-order valence-corrected chi connectivity index (χ1v) is 8.38. The average Bonchev–Trinajstić information content (AvgIpc) is 2.74. The van der Waals surface area contributed by atoms with Crippen molar-refractivity contribution >= 4 is 23.6 Å². The second-order valence-electron chi connectivity index (χ2n) is 6.47. The first kappa shape index (κ1) is 16.3. The van der Waals surface area contributed by atoms with Crippen LogP contribution in [0.1, 0.15) is 19.4 Å². The Labute approximate surface area is 138 Å². The van der Waals surface area contributed by atoms with Gasteiger partial charge >= 0.3 is 5.97 Å². The van der Waals surface area contributed by atoms with E-state index < -0.39 is 29.0 Å². The Morgan fingerprint density at radius 1 is 1.30 bits per heavy atom. The molecule has 2 heterocycles. The molecule has 0 bridgehead atoms. The number of aliphatic hydroxyl groups is 1. The largest absolute Gasteiger partial charge is 0.480 e. The van der Waals surface area contributed by atoms with Crippen LogP contribution < -0.4 is 5.32 Å². The minimum Gasteiger partial charge on any atom is -0.480 e. The van der Waals surface area contributed by atoms with Gasteiger partial charge in [0.1, 0.15) is 12.3 Å². The molecule has 3 rings (SSSR count). The van der Waals surface area contributed by atoms with E-state index in [1.54, 1.807) is 4.90 Å². The van der Waals surface area contributed by atoms with Crippen molar-refractivity contribution < 1.29 is 19.8 Å². The first-order valence-electron chi connectivity index (χ1n) is 7.50. The van der Waals surface area contributed by atoms with Crippen molar-refractivity contribution in [3.63, 3.8) is 0 Å². The van der Waals surface area contributed by atoms with Crippen LogP contribution in [0.2, 0.25) is 0 Å². The molecule has 3 N–H and O–H groups in total. The summed E-state index contributed by atoms with van der Waals surface area (Å²) in [5, 5.41) is 22.3. The molecule has 0 radical (unpaired) electrons. The maximum absolute atomic E-state index is 12.2. The summed E-state index contributed by atoms with van der Waals surface area (Å²) >= 11 is 1.48. The van der Waals surface area contributed by atoms with Crippen LogP contribution in [0, 0.1) is 0 Å². The Morgan fingerprint density at radius 2 is 1.96 bits per heavy atom. The number of benzene rings is 1. The van der Waals surface area contributed by atoms with Crippen molar-refractivity contribution in [3.05, 3.63) is 35.9 Å². The SMILES string of the molecule is CC1(C)S[C@@H]2[C@H](NC(=O)Cc3ccccc3)C(O)N2[C@H]1C(=O)O. The first-order chi connectivity index (χ1) is 10.8. The summed E-state index contributed by atoms with van der Waals surface area (Å²) in [6.07, 6.45) is -0.720. The second kappa shape index (κ2) is 5.81. The molecule has 2 aliphatic heterocycles. The molecule has 0 aromatic heterocycles. The van der Waals surface area contributed by atoms with Crippen molar-refractivity contribution in [1.29, 1.82) is 0 Å². The fourth-order valence-electron chi connectivity index (χ4n) is 3.32. The zero-order valence-electron chi connectivity index (χ0n) is 13.0. The molecule has 1 amide bonds. The fourth-order valence-corrected chi connectivity index (χ4v) is 5.02. The van der Waals surface area contributed by atoms with Crippen molar-refractivity contribution in [2.45, 2.75) is 48.7 Å². The van der Waals surface area contributed by atoms with Gasteiger partial charge in [0.2, 0.25) is 5.91 Å². The highest BCUT2D eigenvalue weighted by Crippen LogP contribution is 2.52. The zero-order valence-corrected chi connectivity index (χ0v) is 13.8. The van der Waals surface area contributed by atoms with E-state index in [0.29, 0.717) is 0 Å². The van der Waals surface area contributed by atoms with E-state index in [1.807, 2.05) is 44.2 Å². The molecule has 2 aliphatic rings. The van der Waals surface area contributed by atoms with Crippen molar-refractivity contribution in [2.75, 3.05) is 0 Å². The highest BCUT2D eigenvalue weighted by Gasteiger charge is 2.64. The molecule has 4 atom stereocenters. The molecule has 1 aromatic rings. The topological polar surface area (TPSA) is 89.9 Å². The number of nitrogens with one attached hydrogen (secondary N) is 1. The number of carbonyl (C=O) groups excluding carboxylic acids is 1. The molecule has 6 nitrogen and oxygen atoms in total.